The Kier molecular flexibility index (Phi) is 3.97. The minimum absolute atomic E-state index is 0.516. The van der Waals surface area contributed by atoms with E-state index in [1.807, 2.05) is 6.20 Å². The van der Waals surface area contributed by atoms with Crippen LogP contribution >= 0.6 is 15.9 Å². The third-order valence-corrected chi connectivity index (χ3v) is 3.08. The van der Waals surface area contributed by atoms with Crippen molar-refractivity contribution in [2.45, 2.75) is 45.0 Å². The molecule has 1 heterocycles. The average molecular weight is 245 g/mol. The summed E-state index contributed by atoms with van der Waals surface area (Å²) in [6.07, 6.45) is 4.17. The lowest BCUT2D eigenvalue weighted by Crippen LogP contribution is -2.09. The van der Waals surface area contributed by atoms with Crippen LogP contribution in [0.3, 0.4) is 0 Å². The second-order valence-corrected chi connectivity index (χ2v) is 3.87. The van der Waals surface area contributed by atoms with Gasteiger partial charge in [0, 0.05) is 22.6 Å². The largest absolute Gasteiger partial charge is 0.267 e. The first-order chi connectivity index (χ1) is 6.24. The van der Waals surface area contributed by atoms with E-state index in [0.29, 0.717) is 6.04 Å². The Hall–Kier alpha value is -0.310. The Bertz CT molecular complexity index is 268. The van der Waals surface area contributed by atoms with Crippen LogP contribution in [-0.4, -0.2) is 9.78 Å². The molecule has 0 bridgehead atoms. The summed E-state index contributed by atoms with van der Waals surface area (Å²) in [5.41, 5.74) is 2.69. The van der Waals surface area contributed by atoms with Crippen molar-refractivity contribution >= 4 is 15.9 Å². The Balaban J connectivity index is 3.00. The third kappa shape index (κ3) is 2.13. The van der Waals surface area contributed by atoms with Crippen LogP contribution in [0.2, 0.25) is 0 Å². The summed E-state index contributed by atoms with van der Waals surface area (Å²) in [5.74, 6) is 0. The van der Waals surface area contributed by atoms with Gasteiger partial charge in [-0.3, -0.25) is 4.68 Å². The van der Waals surface area contributed by atoms with E-state index < -0.39 is 0 Å². The number of rotatable bonds is 4. The second kappa shape index (κ2) is 4.80. The lowest BCUT2D eigenvalue weighted by molar-refractivity contribution is 0.461. The summed E-state index contributed by atoms with van der Waals surface area (Å²) in [5, 5.41) is 5.32. The first-order valence-corrected chi connectivity index (χ1v) is 5.97. The van der Waals surface area contributed by atoms with Crippen LogP contribution in [-0.2, 0) is 11.8 Å². The van der Waals surface area contributed by atoms with Crippen molar-refractivity contribution in [3.8, 4) is 0 Å². The molecule has 2 nitrogen and oxygen atoms in total. The molecule has 3 heteroatoms. The van der Waals surface area contributed by atoms with Gasteiger partial charge in [0.05, 0.1) is 6.20 Å². The van der Waals surface area contributed by atoms with Gasteiger partial charge in [0.25, 0.3) is 0 Å². The van der Waals surface area contributed by atoms with Gasteiger partial charge in [-0.05, 0) is 19.8 Å². The fourth-order valence-corrected chi connectivity index (χ4v) is 1.95. The maximum Gasteiger partial charge on any atom is 0.0533 e. The highest BCUT2D eigenvalue weighted by Gasteiger charge is 2.11. The highest BCUT2D eigenvalue weighted by molar-refractivity contribution is 9.08. The Labute approximate surface area is 88.5 Å². The van der Waals surface area contributed by atoms with Crippen molar-refractivity contribution in [1.82, 2.24) is 9.78 Å². The first-order valence-electron chi connectivity index (χ1n) is 4.85. The average Bonchev–Trinajstić information content (AvgIpc) is 2.58. The van der Waals surface area contributed by atoms with Crippen molar-refractivity contribution in [3.63, 3.8) is 0 Å². The van der Waals surface area contributed by atoms with Gasteiger partial charge in [0.2, 0.25) is 0 Å². The Morgan fingerprint density at radius 3 is 2.69 bits per heavy atom. The zero-order valence-electron chi connectivity index (χ0n) is 8.55. The maximum absolute atomic E-state index is 4.42. The predicted octanol–water partition coefficient (Wildman–Crippen LogP) is 3.31. The molecule has 13 heavy (non-hydrogen) atoms. The molecule has 0 spiro atoms. The molecule has 0 aliphatic heterocycles. The van der Waals surface area contributed by atoms with Gasteiger partial charge in [-0.2, -0.15) is 5.10 Å². The quantitative estimate of drug-likeness (QED) is 0.744. The van der Waals surface area contributed by atoms with Gasteiger partial charge in [0.1, 0.15) is 0 Å². The molecule has 0 saturated carbocycles. The lowest BCUT2D eigenvalue weighted by atomic mass is 10.2. The highest BCUT2D eigenvalue weighted by Crippen LogP contribution is 2.18. The summed E-state index contributed by atoms with van der Waals surface area (Å²) in [6, 6.07) is 0.516. The highest BCUT2D eigenvalue weighted by atomic mass is 79.9. The fourth-order valence-electron chi connectivity index (χ4n) is 1.48. The van der Waals surface area contributed by atoms with Crippen LogP contribution < -0.4 is 0 Å². The van der Waals surface area contributed by atoms with Gasteiger partial charge in [-0.1, -0.05) is 29.8 Å². The van der Waals surface area contributed by atoms with Gasteiger partial charge in [-0.15, -0.1) is 0 Å². The van der Waals surface area contributed by atoms with E-state index >= 15 is 0 Å². The standard InChI is InChI=1S/C10H17BrN2/c1-4-8(3)13-10(5-2)9(6-11)7-12-13/h7-8H,4-6H2,1-3H3. The topological polar surface area (TPSA) is 17.8 Å². The van der Waals surface area contributed by atoms with Crippen molar-refractivity contribution < 1.29 is 0 Å². The molecule has 0 N–H and O–H groups in total. The molecule has 1 aromatic rings. The van der Waals surface area contributed by atoms with Crippen LogP contribution in [0.5, 0.6) is 0 Å². The smallest absolute Gasteiger partial charge is 0.0533 e. The minimum atomic E-state index is 0.516. The van der Waals surface area contributed by atoms with Crippen molar-refractivity contribution in [2.75, 3.05) is 0 Å². The van der Waals surface area contributed by atoms with E-state index in [1.165, 1.54) is 11.3 Å². The molecule has 0 fully saturated rings. The molecule has 1 atom stereocenters. The summed E-state index contributed by atoms with van der Waals surface area (Å²) in [6.45, 7) is 6.59. The van der Waals surface area contributed by atoms with E-state index in [0.717, 1.165) is 18.2 Å². The molecule has 1 aromatic heterocycles. The number of hydrogen-bond acceptors (Lipinski definition) is 1. The van der Waals surface area contributed by atoms with E-state index in [4.69, 9.17) is 0 Å². The normalized spacial score (nSPS) is 13.2. The SMILES string of the molecule is CCc1c(CBr)cnn1C(C)CC. The van der Waals surface area contributed by atoms with E-state index in [1.54, 1.807) is 0 Å². The van der Waals surface area contributed by atoms with Crippen LogP contribution in [0.15, 0.2) is 6.20 Å². The number of aromatic nitrogens is 2. The Morgan fingerprint density at radius 1 is 1.54 bits per heavy atom. The van der Waals surface area contributed by atoms with Crippen molar-refractivity contribution in [3.05, 3.63) is 17.5 Å². The monoisotopic (exact) mass is 244 g/mol. The van der Waals surface area contributed by atoms with E-state index in [-0.39, 0.29) is 0 Å². The molecule has 0 amide bonds. The summed E-state index contributed by atoms with van der Waals surface area (Å²) in [7, 11) is 0. The summed E-state index contributed by atoms with van der Waals surface area (Å²) < 4.78 is 2.15. The van der Waals surface area contributed by atoms with Crippen LogP contribution in [0, 0.1) is 0 Å². The molecular weight excluding hydrogens is 228 g/mol. The molecule has 0 saturated heterocycles. The zero-order chi connectivity index (χ0) is 9.84. The number of alkyl halides is 1. The van der Waals surface area contributed by atoms with Gasteiger partial charge < -0.3 is 0 Å². The van der Waals surface area contributed by atoms with Crippen LogP contribution in [0.25, 0.3) is 0 Å². The third-order valence-electron chi connectivity index (χ3n) is 2.47. The zero-order valence-corrected chi connectivity index (χ0v) is 10.1. The van der Waals surface area contributed by atoms with Gasteiger partial charge >= 0.3 is 0 Å². The molecular formula is C10H17BrN2. The van der Waals surface area contributed by atoms with Crippen molar-refractivity contribution in [1.29, 1.82) is 0 Å². The Morgan fingerprint density at radius 2 is 2.23 bits per heavy atom. The molecule has 1 rings (SSSR count). The van der Waals surface area contributed by atoms with E-state index in [2.05, 4.69) is 46.5 Å². The van der Waals surface area contributed by atoms with Crippen LogP contribution in [0.1, 0.15) is 44.5 Å². The maximum atomic E-state index is 4.42. The summed E-state index contributed by atoms with van der Waals surface area (Å²) in [4.78, 5) is 0. The summed E-state index contributed by atoms with van der Waals surface area (Å²) >= 11 is 3.48. The lowest BCUT2D eigenvalue weighted by Gasteiger charge is -2.13. The predicted molar refractivity (Wildman–Crippen MR) is 59.2 cm³/mol. The molecule has 74 valence electrons. The van der Waals surface area contributed by atoms with Crippen LogP contribution in [0.4, 0.5) is 0 Å². The molecule has 0 aromatic carbocycles. The fraction of sp³-hybridized carbons (Fsp3) is 0.700. The molecule has 0 radical (unpaired) electrons. The second-order valence-electron chi connectivity index (χ2n) is 3.31. The van der Waals surface area contributed by atoms with Crippen molar-refractivity contribution in [2.24, 2.45) is 0 Å². The van der Waals surface area contributed by atoms with Gasteiger partial charge in [-0.25, -0.2) is 0 Å². The minimum Gasteiger partial charge on any atom is -0.267 e. The van der Waals surface area contributed by atoms with Gasteiger partial charge in [0.15, 0.2) is 0 Å². The number of nitrogens with zero attached hydrogens (tertiary/aromatic N) is 2. The molecule has 1 unspecified atom stereocenters. The first kappa shape index (κ1) is 10.8. The van der Waals surface area contributed by atoms with E-state index in [9.17, 15) is 0 Å². The molecule has 0 aliphatic rings. The number of halogens is 1. The number of hydrogen-bond donors (Lipinski definition) is 0. The molecule has 0 aliphatic carbocycles.